The largest absolute Gasteiger partial charge is 0.497 e. The third-order valence-electron chi connectivity index (χ3n) is 6.44. The lowest BCUT2D eigenvalue weighted by atomic mass is 10.0. The summed E-state index contributed by atoms with van der Waals surface area (Å²) >= 11 is 0. The zero-order valence-corrected chi connectivity index (χ0v) is 19.3. The molecule has 1 aromatic heterocycles. The summed E-state index contributed by atoms with van der Waals surface area (Å²) < 4.78 is 37.2. The van der Waals surface area contributed by atoms with E-state index >= 15 is 0 Å². The van der Waals surface area contributed by atoms with Crippen LogP contribution in [-0.2, 0) is 17.8 Å². The van der Waals surface area contributed by atoms with Gasteiger partial charge in [0, 0.05) is 49.1 Å². The molecule has 1 aliphatic rings. The molecular formula is C26H28F2N2O4. The van der Waals surface area contributed by atoms with Crippen molar-refractivity contribution in [1.82, 2.24) is 10.2 Å². The first-order valence-corrected chi connectivity index (χ1v) is 11.4. The van der Waals surface area contributed by atoms with Crippen LogP contribution in [0.1, 0.15) is 36.0 Å². The number of fused-ring (bicyclic) bond motifs is 1. The monoisotopic (exact) mass is 470 g/mol. The Kier molecular flexibility index (Phi) is 7.26. The maximum absolute atomic E-state index is 13.4. The molecule has 0 unspecified atom stereocenters. The first-order valence-electron chi connectivity index (χ1n) is 11.4. The number of rotatable bonds is 7. The molecule has 0 spiro atoms. The van der Waals surface area contributed by atoms with E-state index in [1.54, 1.807) is 19.2 Å². The number of hydrogen-bond donors (Lipinski definition) is 1. The van der Waals surface area contributed by atoms with Gasteiger partial charge in [-0.15, -0.1) is 0 Å². The second-order valence-corrected chi connectivity index (χ2v) is 8.72. The van der Waals surface area contributed by atoms with Crippen LogP contribution in [0.3, 0.4) is 0 Å². The van der Waals surface area contributed by atoms with Crippen molar-refractivity contribution in [1.29, 1.82) is 0 Å². The van der Waals surface area contributed by atoms with Crippen molar-refractivity contribution in [3.05, 3.63) is 75.1 Å². The van der Waals surface area contributed by atoms with E-state index < -0.39 is 17.3 Å². The van der Waals surface area contributed by atoms with Gasteiger partial charge in [-0.1, -0.05) is 6.07 Å². The second-order valence-electron chi connectivity index (χ2n) is 8.72. The molecule has 1 saturated heterocycles. The number of carbonyl (C=O) groups is 1. The van der Waals surface area contributed by atoms with Crippen molar-refractivity contribution in [2.75, 3.05) is 20.2 Å². The van der Waals surface area contributed by atoms with Gasteiger partial charge in [0.15, 0.2) is 11.6 Å². The molecule has 1 fully saturated rings. The molecular weight excluding hydrogens is 442 g/mol. The summed E-state index contributed by atoms with van der Waals surface area (Å²) in [7, 11) is 1.55. The van der Waals surface area contributed by atoms with Crippen molar-refractivity contribution in [2.24, 2.45) is 0 Å². The Labute approximate surface area is 196 Å². The first-order chi connectivity index (χ1) is 16.3. The van der Waals surface area contributed by atoms with Crippen molar-refractivity contribution in [2.45, 2.75) is 45.2 Å². The van der Waals surface area contributed by atoms with Gasteiger partial charge in [-0.3, -0.25) is 9.69 Å². The van der Waals surface area contributed by atoms with E-state index in [-0.39, 0.29) is 18.4 Å². The highest BCUT2D eigenvalue weighted by Crippen LogP contribution is 2.24. The van der Waals surface area contributed by atoms with E-state index in [1.807, 2.05) is 19.1 Å². The molecule has 8 heteroatoms. The van der Waals surface area contributed by atoms with Crippen molar-refractivity contribution in [3.63, 3.8) is 0 Å². The molecule has 0 radical (unpaired) electrons. The summed E-state index contributed by atoms with van der Waals surface area (Å²) in [6.45, 7) is 3.91. The molecule has 6 nitrogen and oxygen atoms in total. The number of amides is 1. The number of likely N-dealkylation sites (tertiary alicyclic amines) is 1. The molecule has 1 amide bonds. The Morgan fingerprint density at radius 3 is 2.62 bits per heavy atom. The highest BCUT2D eigenvalue weighted by atomic mass is 19.2. The first kappa shape index (κ1) is 23.9. The van der Waals surface area contributed by atoms with E-state index in [0.29, 0.717) is 29.9 Å². The highest BCUT2D eigenvalue weighted by Gasteiger charge is 2.21. The molecule has 1 N–H and O–H groups in total. The summed E-state index contributed by atoms with van der Waals surface area (Å²) in [6.07, 6.45) is 2.04. The zero-order chi connectivity index (χ0) is 24.2. The summed E-state index contributed by atoms with van der Waals surface area (Å²) in [5.41, 5.74) is 2.08. The van der Waals surface area contributed by atoms with Crippen molar-refractivity contribution >= 4 is 16.9 Å². The number of methoxy groups -OCH3 is 1. The SMILES string of the molecule is COc1ccc2c(C)c(CCC(=O)NC3CCN(Cc4ccc(F)c(F)c4)CC3)c(=O)oc2c1. The third kappa shape index (κ3) is 5.44. The van der Waals surface area contributed by atoms with Crippen LogP contribution >= 0.6 is 0 Å². The predicted molar refractivity (Wildman–Crippen MR) is 125 cm³/mol. The van der Waals surface area contributed by atoms with Gasteiger partial charge >= 0.3 is 5.63 Å². The van der Waals surface area contributed by atoms with Gasteiger partial charge in [0.2, 0.25) is 5.91 Å². The maximum atomic E-state index is 13.4. The zero-order valence-electron chi connectivity index (χ0n) is 19.3. The molecule has 0 saturated carbocycles. The standard InChI is InChI=1S/C26H28F2N2O4/c1-16-20-5-4-19(33-2)14-24(20)34-26(32)21(16)6-8-25(31)29-18-9-11-30(12-10-18)15-17-3-7-22(27)23(28)13-17/h3-5,7,13-14,18H,6,8-12,15H2,1-2H3,(H,29,31). The molecule has 3 aromatic rings. The lowest BCUT2D eigenvalue weighted by molar-refractivity contribution is -0.122. The molecule has 4 rings (SSSR count). The van der Waals surface area contributed by atoms with Crippen LogP contribution < -0.4 is 15.7 Å². The lowest BCUT2D eigenvalue weighted by Crippen LogP contribution is -2.44. The van der Waals surface area contributed by atoms with Crippen LogP contribution in [0.4, 0.5) is 8.78 Å². The minimum Gasteiger partial charge on any atom is -0.497 e. The number of hydrogen-bond acceptors (Lipinski definition) is 5. The van der Waals surface area contributed by atoms with Crippen LogP contribution in [0.5, 0.6) is 5.75 Å². The Balaban J connectivity index is 1.29. The number of benzene rings is 2. The van der Waals surface area contributed by atoms with Gasteiger partial charge in [0.25, 0.3) is 0 Å². The molecule has 1 aliphatic heterocycles. The Hall–Kier alpha value is -3.26. The van der Waals surface area contributed by atoms with Crippen LogP contribution in [0.15, 0.2) is 45.6 Å². The van der Waals surface area contributed by atoms with Gasteiger partial charge in [-0.25, -0.2) is 13.6 Å². The molecule has 0 aliphatic carbocycles. The fourth-order valence-electron chi connectivity index (χ4n) is 4.46. The number of nitrogens with zero attached hydrogens (tertiary/aromatic N) is 1. The fourth-order valence-corrected chi connectivity index (χ4v) is 4.46. The topological polar surface area (TPSA) is 71.8 Å². The van der Waals surface area contributed by atoms with Gasteiger partial charge in [0.05, 0.1) is 7.11 Å². The summed E-state index contributed by atoms with van der Waals surface area (Å²) in [6, 6.07) is 9.36. The minimum atomic E-state index is -0.845. The number of aryl methyl sites for hydroxylation is 1. The minimum absolute atomic E-state index is 0.0512. The Morgan fingerprint density at radius 2 is 1.91 bits per heavy atom. The second kappa shape index (κ2) is 10.3. The fraction of sp³-hybridized carbons (Fsp3) is 0.385. The molecule has 0 bridgehead atoms. The van der Waals surface area contributed by atoms with E-state index in [0.717, 1.165) is 48.5 Å². The van der Waals surface area contributed by atoms with Gasteiger partial charge in [-0.05, 0) is 61.6 Å². The Bertz CT molecular complexity index is 1250. The normalized spacial score (nSPS) is 14.9. The predicted octanol–water partition coefficient (Wildman–Crippen LogP) is 4.10. The molecule has 0 atom stereocenters. The summed E-state index contributed by atoms with van der Waals surface area (Å²) in [4.78, 5) is 27.2. The van der Waals surface area contributed by atoms with E-state index in [1.165, 1.54) is 6.07 Å². The van der Waals surface area contributed by atoms with E-state index in [2.05, 4.69) is 10.2 Å². The number of piperidine rings is 1. The summed E-state index contributed by atoms with van der Waals surface area (Å²) in [5.74, 6) is -1.18. The average molecular weight is 471 g/mol. The third-order valence-corrected chi connectivity index (χ3v) is 6.44. The molecule has 34 heavy (non-hydrogen) atoms. The average Bonchev–Trinajstić information content (AvgIpc) is 2.82. The van der Waals surface area contributed by atoms with E-state index in [4.69, 9.17) is 9.15 Å². The van der Waals surface area contributed by atoms with Crippen LogP contribution in [0, 0.1) is 18.6 Å². The summed E-state index contributed by atoms with van der Waals surface area (Å²) in [5, 5.41) is 3.88. The number of carbonyl (C=O) groups excluding carboxylic acids is 1. The van der Waals surface area contributed by atoms with Crippen LogP contribution in [-0.4, -0.2) is 37.0 Å². The van der Waals surface area contributed by atoms with Crippen molar-refractivity contribution < 1.29 is 22.7 Å². The number of ether oxygens (including phenoxy) is 1. The van der Waals surface area contributed by atoms with Gasteiger partial charge in [0.1, 0.15) is 11.3 Å². The number of halogens is 2. The molecule has 180 valence electrons. The maximum Gasteiger partial charge on any atom is 0.339 e. The number of nitrogens with one attached hydrogen (secondary N) is 1. The smallest absolute Gasteiger partial charge is 0.339 e. The van der Waals surface area contributed by atoms with Crippen molar-refractivity contribution in [3.8, 4) is 5.75 Å². The quantitative estimate of drug-likeness (QED) is 0.527. The highest BCUT2D eigenvalue weighted by molar-refractivity contribution is 5.82. The van der Waals surface area contributed by atoms with E-state index in [9.17, 15) is 18.4 Å². The Morgan fingerprint density at radius 1 is 1.15 bits per heavy atom. The molecule has 2 heterocycles. The van der Waals surface area contributed by atoms with Gasteiger partial charge < -0.3 is 14.5 Å². The van der Waals surface area contributed by atoms with Crippen LogP contribution in [0.25, 0.3) is 11.0 Å². The lowest BCUT2D eigenvalue weighted by Gasteiger charge is -2.32. The molecule has 2 aromatic carbocycles. The van der Waals surface area contributed by atoms with Crippen LogP contribution in [0.2, 0.25) is 0 Å². The van der Waals surface area contributed by atoms with Gasteiger partial charge in [-0.2, -0.15) is 0 Å².